The summed E-state index contributed by atoms with van der Waals surface area (Å²) >= 11 is 0. The van der Waals surface area contributed by atoms with Crippen molar-refractivity contribution in [1.82, 2.24) is 15.1 Å². The Balaban J connectivity index is 1.72. The Bertz CT molecular complexity index is 183. The van der Waals surface area contributed by atoms with Gasteiger partial charge in [0.05, 0.1) is 12.7 Å². The van der Waals surface area contributed by atoms with E-state index in [1.165, 1.54) is 32.6 Å². The van der Waals surface area contributed by atoms with Crippen molar-refractivity contribution in [3.8, 4) is 0 Å². The van der Waals surface area contributed by atoms with E-state index in [2.05, 4.69) is 22.2 Å². The van der Waals surface area contributed by atoms with Crippen LogP contribution in [-0.4, -0.2) is 75.4 Å². The predicted molar refractivity (Wildman–Crippen MR) is 61.2 cm³/mol. The van der Waals surface area contributed by atoms with Gasteiger partial charge in [0.2, 0.25) is 0 Å². The van der Waals surface area contributed by atoms with E-state index in [1.54, 1.807) is 0 Å². The Morgan fingerprint density at radius 2 is 2.20 bits per heavy atom. The lowest BCUT2D eigenvalue weighted by molar-refractivity contribution is 0.00634. The van der Waals surface area contributed by atoms with Crippen molar-refractivity contribution in [3.63, 3.8) is 0 Å². The maximum atomic E-state index is 5.73. The van der Waals surface area contributed by atoms with Gasteiger partial charge in [-0.1, -0.05) is 0 Å². The minimum Gasteiger partial charge on any atom is -0.374 e. The zero-order valence-corrected chi connectivity index (χ0v) is 9.74. The molecule has 2 saturated heterocycles. The van der Waals surface area contributed by atoms with Crippen LogP contribution in [0, 0.1) is 0 Å². The number of hydrogen-bond donors (Lipinski definition) is 1. The molecule has 2 aliphatic rings. The van der Waals surface area contributed by atoms with Gasteiger partial charge in [-0.2, -0.15) is 0 Å². The van der Waals surface area contributed by atoms with Crippen molar-refractivity contribution in [2.24, 2.45) is 0 Å². The van der Waals surface area contributed by atoms with Gasteiger partial charge < -0.3 is 15.0 Å². The first kappa shape index (κ1) is 11.3. The first-order valence-corrected chi connectivity index (χ1v) is 6.08. The van der Waals surface area contributed by atoms with Gasteiger partial charge in [-0.05, 0) is 26.6 Å². The van der Waals surface area contributed by atoms with Crippen LogP contribution in [0.3, 0.4) is 0 Å². The van der Waals surface area contributed by atoms with Gasteiger partial charge in [-0.25, -0.2) is 0 Å². The normalized spacial score (nSPS) is 31.4. The van der Waals surface area contributed by atoms with Crippen molar-refractivity contribution in [3.05, 3.63) is 0 Å². The van der Waals surface area contributed by atoms with E-state index < -0.39 is 0 Å². The highest BCUT2D eigenvalue weighted by molar-refractivity contribution is 4.74. The Kier molecular flexibility index (Phi) is 4.38. The molecule has 1 N–H and O–H groups in total. The molecule has 2 aliphatic heterocycles. The van der Waals surface area contributed by atoms with E-state index in [4.69, 9.17) is 4.74 Å². The van der Waals surface area contributed by atoms with E-state index in [9.17, 15) is 0 Å². The third kappa shape index (κ3) is 3.72. The molecule has 1 atom stereocenters. The molecule has 0 bridgehead atoms. The summed E-state index contributed by atoms with van der Waals surface area (Å²) in [5.41, 5.74) is 0. The lowest BCUT2D eigenvalue weighted by Gasteiger charge is -2.29. The topological polar surface area (TPSA) is 27.7 Å². The van der Waals surface area contributed by atoms with E-state index in [0.29, 0.717) is 6.10 Å². The molecule has 2 fully saturated rings. The molecule has 0 aromatic heterocycles. The van der Waals surface area contributed by atoms with Crippen molar-refractivity contribution in [2.75, 3.05) is 59.5 Å². The molecular formula is C11H23N3O. The second kappa shape index (κ2) is 5.80. The van der Waals surface area contributed by atoms with Crippen molar-refractivity contribution in [2.45, 2.75) is 12.5 Å². The number of hydrogen-bond acceptors (Lipinski definition) is 4. The van der Waals surface area contributed by atoms with Gasteiger partial charge in [-0.15, -0.1) is 0 Å². The molecule has 15 heavy (non-hydrogen) atoms. The molecular weight excluding hydrogens is 190 g/mol. The summed E-state index contributed by atoms with van der Waals surface area (Å²) in [6, 6.07) is 0. The third-order valence-corrected chi connectivity index (χ3v) is 3.28. The number of morpholine rings is 1. The minimum absolute atomic E-state index is 0.405. The van der Waals surface area contributed by atoms with Gasteiger partial charge in [0, 0.05) is 32.7 Å². The molecule has 0 amide bonds. The van der Waals surface area contributed by atoms with Gasteiger partial charge in [0.15, 0.2) is 0 Å². The highest BCUT2D eigenvalue weighted by Gasteiger charge is 2.19. The lowest BCUT2D eigenvalue weighted by Crippen LogP contribution is -2.46. The maximum absolute atomic E-state index is 5.73. The Labute approximate surface area is 92.6 Å². The molecule has 0 aromatic rings. The third-order valence-electron chi connectivity index (χ3n) is 3.28. The first-order valence-electron chi connectivity index (χ1n) is 6.08. The predicted octanol–water partition coefficient (Wildman–Crippen LogP) is -0.388. The summed E-state index contributed by atoms with van der Waals surface area (Å²) in [6.45, 7) is 8.85. The fraction of sp³-hybridized carbons (Fsp3) is 1.00. The standard InChI is InChI=1S/C11H23N3O/c1-13-4-2-5-14(7-6-13)10-11-9-12-3-8-15-11/h11-12H,2-10H2,1H3. The highest BCUT2D eigenvalue weighted by Crippen LogP contribution is 2.05. The maximum Gasteiger partial charge on any atom is 0.0826 e. The molecule has 0 aromatic carbocycles. The van der Waals surface area contributed by atoms with E-state index in [1.807, 2.05) is 0 Å². The van der Waals surface area contributed by atoms with Crippen LogP contribution in [0.1, 0.15) is 6.42 Å². The molecule has 2 rings (SSSR count). The zero-order valence-electron chi connectivity index (χ0n) is 9.74. The average Bonchev–Trinajstić information content (AvgIpc) is 2.46. The first-order chi connectivity index (χ1) is 7.34. The van der Waals surface area contributed by atoms with Gasteiger partial charge in [0.25, 0.3) is 0 Å². The molecule has 0 saturated carbocycles. The monoisotopic (exact) mass is 213 g/mol. The van der Waals surface area contributed by atoms with E-state index >= 15 is 0 Å². The van der Waals surface area contributed by atoms with Crippen LogP contribution >= 0.6 is 0 Å². The van der Waals surface area contributed by atoms with E-state index in [-0.39, 0.29) is 0 Å². The van der Waals surface area contributed by atoms with Crippen molar-refractivity contribution >= 4 is 0 Å². The minimum atomic E-state index is 0.405. The molecule has 4 nitrogen and oxygen atoms in total. The van der Waals surface area contributed by atoms with Crippen LogP contribution in [0.5, 0.6) is 0 Å². The Morgan fingerprint density at radius 1 is 1.27 bits per heavy atom. The quantitative estimate of drug-likeness (QED) is 0.676. The SMILES string of the molecule is CN1CCCN(CC2CNCCO2)CC1. The van der Waals surface area contributed by atoms with Crippen LogP contribution in [-0.2, 0) is 4.74 Å². The fourth-order valence-electron chi connectivity index (χ4n) is 2.31. The molecule has 0 radical (unpaired) electrons. The van der Waals surface area contributed by atoms with Gasteiger partial charge in [-0.3, -0.25) is 4.90 Å². The Hall–Kier alpha value is -0.160. The van der Waals surface area contributed by atoms with Crippen LogP contribution in [0.2, 0.25) is 0 Å². The summed E-state index contributed by atoms with van der Waals surface area (Å²) in [5, 5.41) is 3.39. The summed E-state index contributed by atoms with van der Waals surface area (Å²) in [4.78, 5) is 4.96. The largest absolute Gasteiger partial charge is 0.374 e. The number of nitrogens with zero attached hydrogens (tertiary/aromatic N) is 2. The van der Waals surface area contributed by atoms with E-state index in [0.717, 1.165) is 26.2 Å². The number of ether oxygens (including phenoxy) is 1. The number of rotatable bonds is 2. The smallest absolute Gasteiger partial charge is 0.0826 e. The summed E-state index contributed by atoms with van der Waals surface area (Å²) in [6.07, 6.45) is 1.69. The van der Waals surface area contributed by atoms with Crippen LogP contribution in [0.25, 0.3) is 0 Å². The van der Waals surface area contributed by atoms with Crippen LogP contribution in [0.4, 0.5) is 0 Å². The molecule has 0 spiro atoms. The highest BCUT2D eigenvalue weighted by atomic mass is 16.5. The summed E-state index contributed by atoms with van der Waals surface area (Å²) in [5.74, 6) is 0. The molecule has 0 aliphatic carbocycles. The Morgan fingerprint density at radius 3 is 3.00 bits per heavy atom. The van der Waals surface area contributed by atoms with Crippen molar-refractivity contribution < 1.29 is 4.74 Å². The van der Waals surface area contributed by atoms with Gasteiger partial charge >= 0.3 is 0 Å². The average molecular weight is 213 g/mol. The van der Waals surface area contributed by atoms with Gasteiger partial charge in [0.1, 0.15) is 0 Å². The molecule has 1 unspecified atom stereocenters. The summed E-state index contributed by atoms with van der Waals surface area (Å²) < 4.78 is 5.73. The van der Waals surface area contributed by atoms with Crippen LogP contribution < -0.4 is 5.32 Å². The second-order valence-corrected chi connectivity index (χ2v) is 4.65. The molecule has 4 heteroatoms. The summed E-state index contributed by atoms with van der Waals surface area (Å²) in [7, 11) is 2.21. The lowest BCUT2D eigenvalue weighted by atomic mass is 10.2. The zero-order chi connectivity index (χ0) is 10.5. The second-order valence-electron chi connectivity index (χ2n) is 4.65. The number of nitrogens with one attached hydrogen (secondary N) is 1. The molecule has 88 valence electrons. The number of likely N-dealkylation sites (N-methyl/N-ethyl adjacent to an activating group) is 1. The molecule has 2 heterocycles. The van der Waals surface area contributed by atoms with Crippen LogP contribution in [0.15, 0.2) is 0 Å². The van der Waals surface area contributed by atoms with Crippen molar-refractivity contribution in [1.29, 1.82) is 0 Å². The fourth-order valence-corrected chi connectivity index (χ4v) is 2.31.